The van der Waals surface area contributed by atoms with Crippen molar-refractivity contribution in [1.82, 2.24) is 0 Å². The zero-order chi connectivity index (χ0) is 29.6. The molecule has 0 aliphatic carbocycles. The van der Waals surface area contributed by atoms with Gasteiger partial charge >= 0.3 is 0 Å². The minimum Gasteiger partial charge on any atom is -0.507 e. The molecule has 2 aliphatic heterocycles. The van der Waals surface area contributed by atoms with Crippen molar-refractivity contribution < 1.29 is 64.2 Å². The predicted molar refractivity (Wildman–Crippen MR) is 137 cm³/mol. The fourth-order valence-electron chi connectivity index (χ4n) is 4.70. The molecule has 0 spiro atoms. The van der Waals surface area contributed by atoms with Crippen LogP contribution in [0.2, 0.25) is 0 Å². The number of fused-ring (bicyclic) bond motifs is 1. The van der Waals surface area contributed by atoms with Crippen molar-refractivity contribution in [1.29, 1.82) is 0 Å². The van der Waals surface area contributed by atoms with Crippen LogP contribution < -0.4 is 14.9 Å². The van der Waals surface area contributed by atoms with E-state index in [9.17, 15) is 45.6 Å². The van der Waals surface area contributed by atoms with Gasteiger partial charge in [0.2, 0.25) is 12.6 Å². The third kappa shape index (κ3) is 5.61. The van der Waals surface area contributed by atoms with Crippen molar-refractivity contribution in [2.75, 3.05) is 6.61 Å². The van der Waals surface area contributed by atoms with Crippen LogP contribution in [0.3, 0.4) is 0 Å². The van der Waals surface area contributed by atoms with Crippen LogP contribution >= 0.6 is 0 Å². The minimum atomic E-state index is -1.69. The van der Waals surface area contributed by atoms with Crippen molar-refractivity contribution in [2.24, 2.45) is 0 Å². The zero-order valence-corrected chi connectivity index (χ0v) is 21.5. The molecule has 14 heteroatoms. The lowest BCUT2D eigenvalue weighted by molar-refractivity contribution is -0.277. The van der Waals surface area contributed by atoms with E-state index in [-0.39, 0.29) is 28.2 Å². The van der Waals surface area contributed by atoms with Crippen LogP contribution in [0.15, 0.2) is 51.7 Å². The first-order valence-electron chi connectivity index (χ1n) is 12.7. The lowest BCUT2D eigenvalue weighted by Crippen LogP contribution is -2.60. The summed E-state index contributed by atoms with van der Waals surface area (Å²) in [4.78, 5) is 12.8. The third-order valence-electron chi connectivity index (χ3n) is 7.08. The van der Waals surface area contributed by atoms with Crippen LogP contribution in [-0.2, 0) is 9.47 Å². The van der Waals surface area contributed by atoms with E-state index < -0.39 is 79.2 Å². The maximum absolute atomic E-state index is 12.8. The van der Waals surface area contributed by atoms with E-state index in [4.69, 9.17) is 23.4 Å². The number of rotatable bonds is 6. The lowest BCUT2D eigenvalue weighted by atomic mass is 9.99. The molecule has 2 aromatic carbocycles. The van der Waals surface area contributed by atoms with Gasteiger partial charge in [0, 0.05) is 23.8 Å². The lowest BCUT2D eigenvalue weighted by Gasteiger charge is -2.39. The zero-order valence-electron chi connectivity index (χ0n) is 21.5. The summed E-state index contributed by atoms with van der Waals surface area (Å²) in [6.07, 6.45) is -13.9. The molecule has 14 nitrogen and oxygen atoms in total. The highest BCUT2D eigenvalue weighted by Gasteiger charge is 2.45. The molecule has 41 heavy (non-hydrogen) atoms. The summed E-state index contributed by atoms with van der Waals surface area (Å²) < 4.78 is 27.8. The highest BCUT2D eigenvalue weighted by molar-refractivity contribution is 5.86. The highest BCUT2D eigenvalue weighted by Crippen LogP contribution is 2.34. The maximum Gasteiger partial charge on any atom is 0.229 e. The smallest absolute Gasteiger partial charge is 0.229 e. The number of benzene rings is 2. The molecule has 8 N–H and O–H groups in total. The van der Waals surface area contributed by atoms with E-state index >= 15 is 0 Å². The second-order valence-electron chi connectivity index (χ2n) is 9.93. The van der Waals surface area contributed by atoms with Gasteiger partial charge in [-0.1, -0.05) is 0 Å². The van der Waals surface area contributed by atoms with Crippen molar-refractivity contribution >= 4 is 11.0 Å². The Balaban J connectivity index is 1.38. The Morgan fingerprint density at radius 2 is 1.37 bits per heavy atom. The normalized spacial score (nSPS) is 34.0. The fourth-order valence-corrected chi connectivity index (χ4v) is 4.70. The number of aliphatic hydroxyl groups is 7. The number of hydrogen-bond acceptors (Lipinski definition) is 14. The van der Waals surface area contributed by atoms with Gasteiger partial charge in [-0.3, -0.25) is 4.79 Å². The van der Waals surface area contributed by atoms with E-state index in [1.807, 2.05) is 0 Å². The van der Waals surface area contributed by atoms with Gasteiger partial charge in [0.15, 0.2) is 5.43 Å². The van der Waals surface area contributed by atoms with Gasteiger partial charge < -0.3 is 64.2 Å². The summed E-state index contributed by atoms with van der Waals surface area (Å²) in [6.45, 7) is 0.868. The molecule has 1 aromatic heterocycles. The molecule has 10 atom stereocenters. The van der Waals surface area contributed by atoms with Crippen LogP contribution in [0.25, 0.3) is 22.3 Å². The molecule has 2 aliphatic rings. The monoisotopic (exact) mass is 578 g/mol. The standard InChI is InChI=1S/C27H30O14/c1-10-20(31)22(33)24(35)26(37-10)38-12-4-2-11(3-5-12)16-8-15(30)19-14(29)6-13(7-17(19)40-16)39-27-25(36)23(34)21(32)18(9-28)41-27/h2-8,10,18,20-29,31-36H,9H2,1H3/t10-,18-,20-,21+,22-,23+,24-,25+,26-,27+/m0/s1. The molecule has 3 aromatic rings. The molecular formula is C27H30O14. The summed E-state index contributed by atoms with van der Waals surface area (Å²) in [5.74, 6) is -0.223. The fraction of sp³-hybridized carbons (Fsp3) is 0.444. The first-order chi connectivity index (χ1) is 19.5. The minimum absolute atomic E-state index is 0.0762. The van der Waals surface area contributed by atoms with Gasteiger partial charge in [0.05, 0.1) is 12.7 Å². The Labute approximate surface area is 231 Å². The molecule has 0 unspecified atom stereocenters. The summed E-state index contributed by atoms with van der Waals surface area (Å²) in [5, 5.41) is 79.9. The van der Waals surface area contributed by atoms with E-state index in [0.717, 1.165) is 6.07 Å². The average molecular weight is 579 g/mol. The Hall–Kier alpha value is -3.31. The van der Waals surface area contributed by atoms with Crippen LogP contribution in [0.5, 0.6) is 17.2 Å². The van der Waals surface area contributed by atoms with Gasteiger partial charge in [0.1, 0.15) is 76.7 Å². The number of aliphatic hydroxyl groups excluding tert-OH is 7. The Bertz CT molecular complexity index is 1420. The molecular weight excluding hydrogens is 548 g/mol. The average Bonchev–Trinajstić information content (AvgIpc) is 2.95. The molecule has 222 valence electrons. The third-order valence-corrected chi connectivity index (χ3v) is 7.08. The van der Waals surface area contributed by atoms with Crippen molar-refractivity contribution in [3.63, 3.8) is 0 Å². The van der Waals surface area contributed by atoms with Gasteiger partial charge in [-0.15, -0.1) is 0 Å². The summed E-state index contributed by atoms with van der Waals surface area (Å²) in [6, 6.07) is 9.65. The molecule has 0 amide bonds. The second kappa shape index (κ2) is 11.5. The number of hydrogen-bond donors (Lipinski definition) is 8. The molecule has 0 bridgehead atoms. The van der Waals surface area contributed by atoms with Crippen LogP contribution in [0.4, 0.5) is 0 Å². The summed E-state index contributed by atoms with van der Waals surface area (Å²) in [5.41, 5.74) is -0.212. The number of aromatic hydroxyl groups is 1. The second-order valence-corrected chi connectivity index (χ2v) is 9.93. The van der Waals surface area contributed by atoms with E-state index in [2.05, 4.69) is 0 Å². The number of ether oxygens (including phenoxy) is 4. The van der Waals surface area contributed by atoms with Gasteiger partial charge in [-0.2, -0.15) is 0 Å². The number of phenolic OH excluding ortho intramolecular Hbond substituents is 1. The first kappa shape index (κ1) is 29.2. The van der Waals surface area contributed by atoms with Crippen molar-refractivity contribution in [2.45, 2.75) is 68.3 Å². The van der Waals surface area contributed by atoms with Crippen LogP contribution in [0.1, 0.15) is 6.92 Å². The topological polar surface area (TPSA) is 229 Å². The maximum atomic E-state index is 12.8. The van der Waals surface area contributed by atoms with Gasteiger partial charge in [-0.25, -0.2) is 0 Å². The van der Waals surface area contributed by atoms with Crippen molar-refractivity contribution in [3.05, 3.63) is 52.7 Å². The predicted octanol–water partition coefficient (Wildman–Crippen LogP) is -1.45. The molecule has 5 rings (SSSR count). The van der Waals surface area contributed by atoms with Crippen LogP contribution in [-0.4, -0.2) is 109 Å². The van der Waals surface area contributed by atoms with Gasteiger partial charge in [-0.05, 0) is 31.2 Å². The van der Waals surface area contributed by atoms with Gasteiger partial charge in [0.25, 0.3) is 0 Å². The van der Waals surface area contributed by atoms with E-state index in [1.165, 1.54) is 31.2 Å². The SMILES string of the molecule is C[C@@H]1O[C@@H](Oc2ccc(-c3cc(=O)c4c(O)cc(O[C@@H]5O[C@@H](CO)[C@@H](O)[C@@H](O)[C@H]5O)cc4o3)cc2)[C@@H](O)[C@@H](O)[C@H]1O. The highest BCUT2D eigenvalue weighted by atomic mass is 16.7. The van der Waals surface area contributed by atoms with Crippen LogP contribution in [0, 0.1) is 0 Å². The first-order valence-corrected chi connectivity index (χ1v) is 12.7. The van der Waals surface area contributed by atoms with Crippen molar-refractivity contribution in [3.8, 4) is 28.6 Å². The Morgan fingerprint density at radius 1 is 0.756 bits per heavy atom. The van der Waals surface area contributed by atoms with E-state index in [1.54, 1.807) is 12.1 Å². The molecule has 3 heterocycles. The molecule has 2 saturated heterocycles. The number of phenols is 1. The Morgan fingerprint density at radius 3 is 2.02 bits per heavy atom. The molecule has 0 saturated carbocycles. The summed E-state index contributed by atoms with van der Waals surface area (Å²) >= 11 is 0. The Kier molecular flexibility index (Phi) is 8.20. The molecule has 0 radical (unpaired) electrons. The summed E-state index contributed by atoms with van der Waals surface area (Å²) in [7, 11) is 0. The molecule has 2 fully saturated rings. The quantitative estimate of drug-likeness (QED) is 0.167. The van der Waals surface area contributed by atoms with E-state index in [0.29, 0.717) is 5.56 Å². The largest absolute Gasteiger partial charge is 0.507 e.